The summed E-state index contributed by atoms with van der Waals surface area (Å²) in [6.45, 7) is 5.54. The molecule has 0 aliphatic carbocycles. The van der Waals surface area contributed by atoms with Crippen molar-refractivity contribution in [1.82, 2.24) is 0 Å². The minimum atomic E-state index is 0.812. The van der Waals surface area contributed by atoms with Crippen LogP contribution < -0.4 is 5.73 Å². The van der Waals surface area contributed by atoms with E-state index < -0.39 is 0 Å². The van der Waals surface area contributed by atoms with Gasteiger partial charge in [-0.05, 0) is 19.3 Å². The van der Waals surface area contributed by atoms with Crippen LogP contribution in [0.3, 0.4) is 0 Å². The van der Waals surface area contributed by atoms with Gasteiger partial charge in [-0.1, -0.05) is 18.7 Å². The summed E-state index contributed by atoms with van der Waals surface area (Å²) in [6, 6.07) is 0. The quantitative estimate of drug-likeness (QED) is 0.633. The lowest BCUT2D eigenvalue weighted by molar-refractivity contribution is 1.37. The van der Waals surface area contributed by atoms with E-state index in [1.807, 2.05) is 25.3 Å². The first-order valence-electron chi connectivity index (χ1n) is 3.01. The van der Waals surface area contributed by atoms with E-state index in [2.05, 4.69) is 6.58 Å². The molecular weight excluding hydrogens is 142 g/mol. The molecule has 10 heavy (non-hydrogen) atoms. The molecule has 0 rings (SSSR count). The van der Waals surface area contributed by atoms with Gasteiger partial charge >= 0.3 is 0 Å². The Morgan fingerprint density at radius 3 is 2.60 bits per heavy atom. The molecular formula is C8H13NS. The maximum atomic E-state index is 5.64. The summed E-state index contributed by atoms with van der Waals surface area (Å²) in [4.78, 5) is 1.14. The van der Waals surface area contributed by atoms with E-state index in [1.165, 1.54) is 0 Å². The fraction of sp³-hybridized carbons (Fsp3) is 0.250. The summed E-state index contributed by atoms with van der Waals surface area (Å²) in [5.41, 5.74) is 6.45. The maximum Gasteiger partial charge on any atom is 0.0407 e. The Bertz CT molecular complexity index is 168. The van der Waals surface area contributed by atoms with Gasteiger partial charge in [0.05, 0.1) is 0 Å². The fourth-order valence-corrected chi connectivity index (χ4v) is 0.711. The van der Waals surface area contributed by atoms with Gasteiger partial charge in [-0.25, -0.2) is 0 Å². The SMILES string of the molecule is C=C/C=C\C(N)=C(/C)SC. The highest BCUT2D eigenvalue weighted by Gasteiger charge is 1.88. The van der Waals surface area contributed by atoms with Gasteiger partial charge in [0.15, 0.2) is 0 Å². The van der Waals surface area contributed by atoms with Crippen molar-refractivity contribution < 1.29 is 0 Å². The van der Waals surface area contributed by atoms with Crippen LogP contribution in [0.1, 0.15) is 6.92 Å². The van der Waals surface area contributed by atoms with E-state index in [-0.39, 0.29) is 0 Å². The molecule has 0 aliphatic rings. The smallest absolute Gasteiger partial charge is 0.0407 e. The van der Waals surface area contributed by atoms with Crippen LogP contribution in [0.5, 0.6) is 0 Å². The van der Waals surface area contributed by atoms with Crippen molar-refractivity contribution in [1.29, 1.82) is 0 Å². The van der Waals surface area contributed by atoms with Crippen LogP contribution in [-0.4, -0.2) is 6.26 Å². The van der Waals surface area contributed by atoms with Crippen molar-refractivity contribution in [2.75, 3.05) is 6.26 Å². The van der Waals surface area contributed by atoms with Crippen LogP contribution in [0, 0.1) is 0 Å². The van der Waals surface area contributed by atoms with E-state index in [4.69, 9.17) is 5.73 Å². The van der Waals surface area contributed by atoms with Crippen LogP contribution in [0.2, 0.25) is 0 Å². The average molecular weight is 155 g/mol. The van der Waals surface area contributed by atoms with Gasteiger partial charge in [0, 0.05) is 10.6 Å². The van der Waals surface area contributed by atoms with E-state index in [1.54, 1.807) is 17.8 Å². The molecule has 56 valence electrons. The zero-order chi connectivity index (χ0) is 7.98. The Kier molecular flexibility index (Phi) is 4.85. The minimum absolute atomic E-state index is 0.812. The lowest BCUT2D eigenvalue weighted by atomic mass is 10.4. The van der Waals surface area contributed by atoms with Crippen molar-refractivity contribution in [3.63, 3.8) is 0 Å². The molecule has 0 bridgehead atoms. The predicted octanol–water partition coefficient (Wildman–Crippen LogP) is 2.28. The molecule has 0 heterocycles. The molecule has 0 saturated heterocycles. The third-order valence-corrected chi connectivity index (χ3v) is 1.97. The molecule has 0 spiro atoms. The Labute approximate surface area is 66.7 Å². The van der Waals surface area contributed by atoms with E-state index in [0.29, 0.717) is 0 Å². The Balaban J connectivity index is 4.17. The highest BCUT2D eigenvalue weighted by molar-refractivity contribution is 8.02. The molecule has 2 N–H and O–H groups in total. The molecule has 0 radical (unpaired) electrons. The lowest BCUT2D eigenvalue weighted by Gasteiger charge is -1.96. The third kappa shape index (κ3) is 3.41. The van der Waals surface area contributed by atoms with Crippen molar-refractivity contribution in [3.8, 4) is 0 Å². The van der Waals surface area contributed by atoms with Gasteiger partial charge in [-0.2, -0.15) is 0 Å². The Morgan fingerprint density at radius 1 is 1.60 bits per heavy atom. The monoisotopic (exact) mass is 155 g/mol. The van der Waals surface area contributed by atoms with Crippen LogP contribution in [0.4, 0.5) is 0 Å². The number of hydrogen-bond acceptors (Lipinski definition) is 2. The normalized spacial score (nSPS) is 13.4. The first-order valence-corrected chi connectivity index (χ1v) is 4.24. The highest BCUT2D eigenvalue weighted by atomic mass is 32.2. The highest BCUT2D eigenvalue weighted by Crippen LogP contribution is 2.12. The van der Waals surface area contributed by atoms with Gasteiger partial charge < -0.3 is 5.73 Å². The predicted molar refractivity (Wildman–Crippen MR) is 49.7 cm³/mol. The molecule has 0 aliphatic heterocycles. The second kappa shape index (κ2) is 5.18. The van der Waals surface area contributed by atoms with E-state index in [0.717, 1.165) is 10.6 Å². The first kappa shape index (κ1) is 9.37. The molecule has 2 heteroatoms. The summed E-state index contributed by atoms with van der Waals surface area (Å²) in [5.74, 6) is 0. The maximum absolute atomic E-state index is 5.64. The van der Waals surface area contributed by atoms with Gasteiger partial charge in [-0.15, -0.1) is 11.8 Å². The van der Waals surface area contributed by atoms with Crippen molar-refractivity contribution in [3.05, 3.63) is 35.4 Å². The molecule has 0 aromatic rings. The second-order valence-electron chi connectivity index (χ2n) is 1.81. The van der Waals surface area contributed by atoms with Gasteiger partial charge in [0.2, 0.25) is 0 Å². The summed E-state index contributed by atoms with van der Waals surface area (Å²) in [5, 5.41) is 0. The molecule has 0 fully saturated rings. The zero-order valence-corrected chi connectivity index (χ0v) is 7.24. The average Bonchev–Trinajstić information content (AvgIpc) is 1.98. The number of rotatable bonds is 3. The summed E-state index contributed by atoms with van der Waals surface area (Å²) in [7, 11) is 0. The Hall–Kier alpha value is -0.630. The molecule has 0 unspecified atom stereocenters. The summed E-state index contributed by atoms with van der Waals surface area (Å²) >= 11 is 1.65. The molecule has 1 nitrogen and oxygen atoms in total. The van der Waals surface area contributed by atoms with Crippen LogP contribution in [0.15, 0.2) is 35.4 Å². The van der Waals surface area contributed by atoms with Crippen LogP contribution >= 0.6 is 11.8 Å². The van der Waals surface area contributed by atoms with Gasteiger partial charge in [-0.3, -0.25) is 0 Å². The van der Waals surface area contributed by atoms with Crippen LogP contribution in [0.25, 0.3) is 0 Å². The largest absolute Gasteiger partial charge is 0.398 e. The van der Waals surface area contributed by atoms with Gasteiger partial charge in [0.25, 0.3) is 0 Å². The molecule has 0 aromatic carbocycles. The van der Waals surface area contributed by atoms with E-state index >= 15 is 0 Å². The topological polar surface area (TPSA) is 26.0 Å². The number of hydrogen-bond donors (Lipinski definition) is 1. The number of allylic oxidation sites excluding steroid dienone is 4. The second-order valence-corrected chi connectivity index (χ2v) is 2.83. The molecule has 0 atom stereocenters. The van der Waals surface area contributed by atoms with Gasteiger partial charge in [0.1, 0.15) is 0 Å². The van der Waals surface area contributed by atoms with Crippen molar-refractivity contribution >= 4 is 11.8 Å². The third-order valence-electron chi connectivity index (χ3n) is 1.12. The van der Waals surface area contributed by atoms with Crippen LogP contribution in [-0.2, 0) is 0 Å². The molecule has 0 saturated carbocycles. The number of nitrogens with two attached hydrogens (primary N) is 1. The van der Waals surface area contributed by atoms with E-state index in [9.17, 15) is 0 Å². The van der Waals surface area contributed by atoms with Crippen molar-refractivity contribution in [2.45, 2.75) is 6.92 Å². The minimum Gasteiger partial charge on any atom is -0.398 e. The van der Waals surface area contributed by atoms with Crippen molar-refractivity contribution in [2.24, 2.45) is 5.73 Å². The number of thioether (sulfide) groups is 1. The summed E-state index contributed by atoms with van der Waals surface area (Å²) in [6.07, 6.45) is 7.39. The molecule has 0 amide bonds. The fourth-order valence-electron chi connectivity index (χ4n) is 0.407. The summed E-state index contributed by atoms with van der Waals surface area (Å²) < 4.78 is 0. The first-order chi connectivity index (χ1) is 4.72. The standard InChI is InChI=1S/C8H13NS/c1-4-5-6-8(9)7(2)10-3/h4-6H,1,9H2,2-3H3/b6-5-,8-7-. The lowest BCUT2D eigenvalue weighted by Crippen LogP contribution is -1.94. The Morgan fingerprint density at radius 2 is 2.20 bits per heavy atom. The zero-order valence-electron chi connectivity index (χ0n) is 6.42. The molecule has 0 aromatic heterocycles.